The van der Waals surface area contributed by atoms with Crippen LogP contribution in [-0.2, 0) is 4.79 Å². The molecule has 0 aromatic heterocycles. The maximum atomic E-state index is 13.7. The molecule has 0 spiro atoms. The lowest BCUT2D eigenvalue weighted by Gasteiger charge is -2.18. The first-order chi connectivity index (χ1) is 16.6. The van der Waals surface area contributed by atoms with E-state index < -0.39 is 41.9 Å². The largest absolute Gasteiger partial charge is 0.405 e. The zero-order valence-electron chi connectivity index (χ0n) is 18.2. The molecular formula is C24H18Br3F6NO2. The standard InChI is InChI=1S/C24H18Br3F6NO2/c25-17-6-3-14(10-19(17)27)16(24(31,32)33)5-2-13-1-4-15(18(26)9-13)20(35)11-22(7-8-22)21(36)34-12-23(28,29)30/h1-6,9-10,16H,7-8,11-12H2,(H,34,36)/b5-2+. The fourth-order valence-electron chi connectivity index (χ4n) is 3.59. The molecule has 2 aromatic rings. The van der Waals surface area contributed by atoms with E-state index in [1.54, 1.807) is 0 Å². The fraction of sp³-hybridized carbons (Fsp3) is 0.333. The summed E-state index contributed by atoms with van der Waals surface area (Å²) in [6.45, 7) is -1.47. The average molecular weight is 706 g/mol. The smallest absolute Gasteiger partial charge is 0.346 e. The summed E-state index contributed by atoms with van der Waals surface area (Å²) in [5.74, 6) is -3.14. The fourth-order valence-corrected chi connectivity index (χ4v) is 4.85. The first kappa shape index (κ1) is 28.9. The summed E-state index contributed by atoms with van der Waals surface area (Å²) < 4.78 is 79.7. The number of rotatable bonds is 8. The Balaban J connectivity index is 1.74. The molecule has 36 heavy (non-hydrogen) atoms. The summed E-state index contributed by atoms with van der Waals surface area (Å²) in [6.07, 6.45) is -6.46. The number of carbonyl (C=O) groups is 2. The number of amides is 1. The highest BCUT2D eigenvalue weighted by Crippen LogP contribution is 2.50. The van der Waals surface area contributed by atoms with Gasteiger partial charge in [-0.1, -0.05) is 40.2 Å². The molecule has 1 fully saturated rings. The van der Waals surface area contributed by atoms with Crippen LogP contribution in [0.2, 0.25) is 0 Å². The summed E-state index contributed by atoms with van der Waals surface area (Å²) in [6, 6.07) is 8.60. The molecule has 3 rings (SSSR count). The van der Waals surface area contributed by atoms with E-state index in [0.717, 1.165) is 6.08 Å². The van der Waals surface area contributed by atoms with E-state index >= 15 is 0 Å². The van der Waals surface area contributed by atoms with Gasteiger partial charge in [0, 0.05) is 25.4 Å². The van der Waals surface area contributed by atoms with Crippen molar-refractivity contribution in [1.82, 2.24) is 5.32 Å². The van der Waals surface area contributed by atoms with Gasteiger partial charge in [0.2, 0.25) is 5.91 Å². The van der Waals surface area contributed by atoms with Crippen molar-refractivity contribution in [2.75, 3.05) is 6.54 Å². The summed E-state index contributed by atoms with van der Waals surface area (Å²) in [5, 5.41) is 1.83. The minimum atomic E-state index is -4.55. The molecule has 12 heteroatoms. The van der Waals surface area contributed by atoms with Crippen LogP contribution in [0.15, 0.2) is 55.9 Å². The van der Waals surface area contributed by atoms with Gasteiger partial charge in [0.1, 0.15) is 6.54 Å². The van der Waals surface area contributed by atoms with E-state index in [4.69, 9.17) is 0 Å². The number of hydrogen-bond acceptors (Lipinski definition) is 2. The number of ketones is 1. The van der Waals surface area contributed by atoms with E-state index in [-0.39, 0.29) is 17.5 Å². The van der Waals surface area contributed by atoms with Crippen molar-refractivity contribution in [3.05, 3.63) is 72.6 Å². The van der Waals surface area contributed by atoms with Gasteiger partial charge >= 0.3 is 12.4 Å². The quantitative estimate of drug-likeness (QED) is 0.222. The average Bonchev–Trinajstić information content (AvgIpc) is 3.53. The maximum absolute atomic E-state index is 13.7. The number of hydrogen-bond donors (Lipinski definition) is 1. The van der Waals surface area contributed by atoms with Crippen LogP contribution in [0.1, 0.15) is 46.7 Å². The van der Waals surface area contributed by atoms with Gasteiger partial charge in [-0.25, -0.2) is 0 Å². The molecule has 1 aliphatic rings. The van der Waals surface area contributed by atoms with Crippen molar-refractivity contribution in [2.45, 2.75) is 37.5 Å². The normalized spacial score (nSPS) is 16.1. The van der Waals surface area contributed by atoms with Gasteiger partial charge in [0.15, 0.2) is 5.78 Å². The Morgan fingerprint density at radius 1 is 0.944 bits per heavy atom. The maximum Gasteiger partial charge on any atom is 0.405 e. The lowest BCUT2D eigenvalue weighted by molar-refractivity contribution is -0.141. The molecule has 3 nitrogen and oxygen atoms in total. The van der Waals surface area contributed by atoms with E-state index in [2.05, 4.69) is 47.8 Å². The molecule has 0 saturated heterocycles. The van der Waals surface area contributed by atoms with E-state index in [0.29, 0.717) is 31.8 Å². The Kier molecular flexibility index (Phi) is 8.82. The second-order valence-corrected chi connectivity index (χ2v) is 11.0. The van der Waals surface area contributed by atoms with Gasteiger partial charge < -0.3 is 5.32 Å². The van der Waals surface area contributed by atoms with Crippen LogP contribution in [0.5, 0.6) is 0 Å². The zero-order valence-corrected chi connectivity index (χ0v) is 23.0. The molecule has 1 unspecified atom stereocenters. The van der Waals surface area contributed by atoms with Gasteiger partial charge in [-0.05, 0) is 80.1 Å². The predicted octanol–water partition coefficient (Wildman–Crippen LogP) is 8.36. The minimum absolute atomic E-state index is 0.0400. The van der Waals surface area contributed by atoms with Crippen molar-refractivity contribution in [3.8, 4) is 0 Å². The number of alkyl halides is 6. The number of benzene rings is 2. The molecule has 0 bridgehead atoms. The summed E-state index contributed by atoms with van der Waals surface area (Å²) >= 11 is 9.68. The minimum Gasteiger partial charge on any atom is -0.346 e. The Hall–Kier alpha value is -1.66. The van der Waals surface area contributed by atoms with E-state index in [9.17, 15) is 35.9 Å². The third-order valence-electron chi connectivity index (χ3n) is 5.71. The molecule has 1 atom stereocenters. The van der Waals surface area contributed by atoms with Crippen LogP contribution >= 0.6 is 47.8 Å². The Labute approximate surface area is 228 Å². The number of Topliss-reactive ketones (excluding diaryl/α,β-unsaturated/α-hetero) is 1. The van der Waals surface area contributed by atoms with Crippen molar-refractivity contribution < 1.29 is 35.9 Å². The molecule has 1 saturated carbocycles. The van der Waals surface area contributed by atoms with Gasteiger partial charge in [-0.3, -0.25) is 9.59 Å². The molecule has 2 aromatic carbocycles. The molecule has 0 radical (unpaired) electrons. The molecule has 0 aliphatic heterocycles. The lowest BCUT2D eigenvalue weighted by atomic mass is 9.93. The summed E-state index contributed by atoms with van der Waals surface area (Å²) in [5.41, 5.74) is -0.545. The highest BCUT2D eigenvalue weighted by atomic mass is 79.9. The second kappa shape index (κ2) is 11.0. The highest BCUT2D eigenvalue weighted by molar-refractivity contribution is 9.13. The summed E-state index contributed by atoms with van der Waals surface area (Å²) in [4.78, 5) is 25.0. The monoisotopic (exact) mass is 703 g/mol. The van der Waals surface area contributed by atoms with Crippen molar-refractivity contribution in [3.63, 3.8) is 0 Å². The number of carbonyl (C=O) groups excluding carboxylic acids is 2. The Morgan fingerprint density at radius 3 is 2.14 bits per heavy atom. The first-order valence-electron chi connectivity index (χ1n) is 10.5. The van der Waals surface area contributed by atoms with Gasteiger partial charge in [0.05, 0.1) is 11.3 Å². The number of nitrogens with one attached hydrogen (secondary N) is 1. The van der Waals surface area contributed by atoms with Crippen LogP contribution in [0.3, 0.4) is 0 Å². The van der Waals surface area contributed by atoms with E-state index in [1.165, 1.54) is 42.5 Å². The van der Waals surface area contributed by atoms with Crippen molar-refractivity contribution in [1.29, 1.82) is 0 Å². The Bertz CT molecular complexity index is 1190. The van der Waals surface area contributed by atoms with Crippen LogP contribution in [0.25, 0.3) is 6.08 Å². The van der Waals surface area contributed by atoms with Crippen LogP contribution in [0.4, 0.5) is 26.3 Å². The lowest BCUT2D eigenvalue weighted by Crippen LogP contribution is -2.39. The molecule has 0 heterocycles. The number of halogens is 9. The van der Waals surface area contributed by atoms with E-state index in [1.807, 2.05) is 5.32 Å². The molecular weight excluding hydrogens is 688 g/mol. The third-order valence-corrected chi connectivity index (χ3v) is 8.25. The van der Waals surface area contributed by atoms with Crippen LogP contribution in [0, 0.1) is 5.41 Å². The predicted molar refractivity (Wildman–Crippen MR) is 133 cm³/mol. The summed E-state index contributed by atoms with van der Waals surface area (Å²) in [7, 11) is 0. The van der Waals surface area contributed by atoms with Crippen LogP contribution in [-0.4, -0.2) is 30.6 Å². The van der Waals surface area contributed by atoms with Crippen LogP contribution < -0.4 is 5.32 Å². The van der Waals surface area contributed by atoms with Gasteiger partial charge in [-0.2, -0.15) is 26.3 Å². The topological polar surface area (TPSA) is 46.2 Å². The molecule has 1 N–H and O–H groups in total. The molecule has 1 aliphatic carbocycles. The number of allylic oxidation sites excluding steroid dienone is 1. The van der Waals surface area contributed by atoms with Crippen molar-refractivity contribution >= 4 is 65.6 Å². The van der Waals surface area contributed by atoms with Crippen molar-refractivity contribution in [2.24, 2.45) is 5.41 Å². The first-order valence-corrected chi connectivity index (χ1v) is 12.9. The SMILES string of the molecule is O=C(CC1(C(=O)NCC(F)(F)F)CC1)c1ccc(/C=C/C(c2ccc(Br)c(Br)c2)C(F)(F)F)cc1Br. The molecule has 194 valence electrons. The zero-order chi connectivity index (χ0) is 26.9. The molecule has 1 amide bonds. The second-order valence-electron chi connectivity index (χ2n) is 8.47. The Morgan fingerprint density at radius 2 is 1.61 bits per heavy atom. The highest BCUT2D eigenvalue weighted by Gasteiger charge is 2.51. The van der Waals surface area contributed by atoms with Gasteiger partial charge in [0.25, 0.3) is 0 Å². The third kappa shape index (κ3) is 7.44. The van der Waals surface area contributed by atoms with Gasteiger partial charge in [-0.15, -0.1) is 0 Å².